The lowest BCUT2D eigenvalue weighted by Crippen LogP contribution is -2.42. The summed E-state index contributed by atoms with van der Waals surface area (Å²) in [5.74, 6) is 0.0553. The summed E-state index contributed by atoms with van der Waals surface area (Å²) in [7, 11) is 0.366. The van der Waals surface area contributed by atoms with Gasteiger partial charge in [0.2, 0.25) is 10.0 Å². The maximum atomic E-state index is 12.7. The molecule has 1 saturated heterocycles. The number of fused-ring (bicyclic) bond motifs is 1. The number of nitrogens with zero attached hydrogens (tertiary/aromatic N) is 3. The zero-order valence-corrected chi connectivity index (χ0v) is 19.6. The third-order valence-corrected chi connectivity index (χ3v) is 7.66. The molecule has 9 nitrogen and oxygen atoms in total. The van der Waals surface area contributed by atoms with E-state index in [9.17, 15) is 18.0 Å². The van der Waals surface area contributed by atoms with Crippen molar-refractivity contribution < 1.29 is 22.7 Å². The molecule has 1 fully saturated rings. The maximum absolute atomic E-state index is 12.7. The van der Waals surface area contributed by atoms with E-state index in [2.05, 4.69) is 5.32 Å². The van der Waals surface area contributed by atoms with Crippen molar-refractivity contribution in [2.45, 2.75) is 17.7 Å². The van der Waals surface area contributed by atoms with Crippen LogP contribution in [0.5, 0.6) is 5.75 Å². The van der Waals surface area contributed by atoms with E-state index < -0.39 is 10.0 Å². The van der Waals surface area contributed by atoms with Crippen LogP contribution in [0, 0.1) is 0 Å². The van der Waals surface area contributed by atoms with Crippen LogP contribution in [-0.2, 0) is 14.8 Å². The van der Waals surface area contributed by atoms with E-state index in [0.29, 0.717) is 48.9 Å². The van der Waals surface area contributed by atoms with Crippen LogP contribution in [0.3, 0.4) is 0 Å². The minimum Gasteiger partial charge on any atom is -0.481 e. The minimum atomic E-state index is -3.52. The Morgan fingerprint density at radius 1 is 1.09 bits per heavy atom. The van der Waals surface area contributed by atoms with E-state index in [4.69, 9.17) is 4.74 Å². The summed E-state index contributed by atoms with van der Waals surface area (Å²) in [6, 6.07) is 11.1. The Hall–Kier alpha value is -2.95. The molecule has 2 heterocycles. The molecule has 2 amide bonds. The summed E-state index contributed by atoms with van der Waals surface area (Å²) in [5.41, 5.74) is 1.54. The number of hydrogen-bond acceptors (Lipinski definition) is 6. The lowest BCUT2D eigenvalue weighted by molar-refractivity contribution is -0.121. The van der Waals surface area contributed by atoms with Crippen molar-refractivity contribution in [1.29, 1.82) is 0 Å². The summed E-state index contributed by atoms with van der Waals surface area (Å²) >= 11 is 0. The van der Waals surface area contributed by atoms with Gasteiger partial charge in [0.25, 0.3) is 11.8 Å². The summed E-state index contributed by atoms with van der Waals surface area (Å²) in [6.07, 6.45) is 1.73. The standard InChI is InChI=1S/C23H28N4O5S/c1-25(2)13-14-27-20-10-7-18(15-21(20)32-16-22(27)28)24-23(29)17-5-8-19(9-6-17)33(30,31)26-11-3-4-12-26/h5-10,15H,3-4,11-14,16H2,1-2H3,(H,24,29). The van der Waals surface area contributed by atoms with Crippen LogP contribution >= 0.6 is 0 Å². The molecular weight excluding hydrogens is 444 g/mol. The topological polar surface area (TPSA) is 99.3 Å². The van der Waals surface area contributed by atoms with Gasteiger partial charge in [-0.25, -0.2) is 8.42 Å². The van der Waals surface area contributed by atoms with Gasteiger partial charge in [0, 0.05) is 43.5 Å². The predicted octanol–water partition coefficient (Wildman–Crippen LogP) is 2.01. The van der Waals surface area contributed by atoms with Gasteiger partial charge >= 0.3 is 0 Å². The zero-order chi connectivity index (χ0) is 23.6. The van der Waals surface area contributed by atoms with Crippen molar-refractivity contribution in [1.82, 2.24) is 9.21 Å². The summed E-state index contributed by atoms with van der Waals surface area (Å²) in [6.45, 7) is 2.27. The number of sulfonamides is 1. The monoisotopic (exact) mass is 472 g/mol. The van der Waals surface area contributed by atoms with Crippen molar-refractivity contribution in [2.75, 3.05) is 57.1 Å². The van der Waals surface area contributed by atoms with Gasteiger partial charge in [0.05, 0.1) is 10.6 Å². The van der Waals surface area contributed by atoms with E-state index in [1.54, 1.807) is 23.1 Å². The Morgan fingerprint density at radius 2 is 1.79 bits per heavy atom. The first-order valence-corrected chi connectivity index (χ1v) is 12.3. The number of rotatable bonds is 7. The number of hydrogen-bond donors (Lipinski definition) is 1. The number of ether oxygens (including phenoxy) is 1. The van der Waals surface area contributed by atoms with Crippen LogP contribution in [0.4, 0.5) is 11.4 Å². The largest absolute Gasteiger partial charge is 0.481 e. The number of likely N-dealkylation sites (N-methyl/N-ethyl adjacent to an activating group) is 1. The lowest BCUT2D eigenvalue weighted by Gasteiger charge is -2.30. The summed E-state index contributed by atoms with van der Waals surface area (Å²) in [4.78, 5) is 28.8. The van der Waals surface area contributed by atoms with Crippen molar-refractivity contribution in [2.24, 2.45) is 0 Å². The molecule has 2 aliphatic rings. The van der Waals surface area contributed by atoms with Crippen LogP contribution in [0.2, 0.25) is 0 Å². The number of carbonyl (C=O) groups excluding carboxylic acids is 2. The first-order valence-electron chi connectivity index (χ1n) is 10.9. The smallest absolute Gasteiger partial charge is 0.265 e. The highest BCUT2D eigenvalue weighted by Crippen LogP contribution is 2.34. The molecule has 0 bridgehead atoms. The lowest BCUT2D eigenvalue weighted by atomic mass is 10.2. The Kier molecular flexibility index (Phi) is 6.68. The molecule has 2 aromatic rings. The Morgan fingerprint density at radius 3 is 2.45 bits per heavy atom. The van der Waals surface area contributed by atoms with Crippen molar-refractivity contribution in [3.8, 4) is 5.75 Å². The van der Waals surface area contributed by atoms with E-state index in [-0.39, 0.29) is 23.3 Å². The van der Waals surface area contributed by atoms with Crippen molar-refractivity contribution in [3.63, 3.8) is 0 Å². The quantitative estimate of drug-likeness (QED) is 0.662. The van der Waals surface area contributed by atoms with Crippen LogP contribution in [0.15, 0.2) is 47.4 Å². The molecule has 10 heteroatoms. The molecule has 0 spiro atoms. The van der Waals surface area contributed by atoms with E-state index in [1.807, 2.05) is 19.0 Å². The first kappa shape index (κ1) is 23.2. The number of nitrogens with one attached hydrogen (secondary N) is 1. The molecule has 0 unspecified atom stereocenters. The second-order valence-corrected chi connectivity index (χ2v) is 10.3. The van der Waals surface area contributed by atoms with Gasteiger partial charge in [0.1, 0.15) is 5.75 Å². The molecule has 4 rings (SSSR count). The second-order valence-electron chi connectivity index (χ2n) is 8.41. The maximum Gasteiger partial charge on any atom is 0.265 e. The molecule has 0 aliphatic carbocycles. The van der Waals surface area contributed by atoms with Crippen LogP contribution in [0.1, 0.15) is 23.2 Å². The molecule has 2 aromatic carbocycles. The van der Waals surface area contributed by atoms with Gasteiger partial charge in [-0.1, -0.05) is 0 Å². The van der Waals surface area contributed by atoms with Crippen molar-refractivity contribution in [3.05, 3.63) is 48.0 Å². The van der Waals surface area contributed by atoms with Crippen LogP contribution < -0.4 is 15.0 Å². The second kappa shape index (κ2) is 9.50. The first-order chi connectivity index (χ1) is 15.8. The SMILES string of the molecule is CN(C)CCN1C(=O)COc2cc(NC(=O)c3ccc(S(=O)(=O)N4CCCC4)cc3)ccc21. The molecule has 33 heavy (non-hydrogen) atoms. The molecule has 0 saturated carbocycles. The van der Waals surface area contributed by atoms with E-state index in [1.165, 1.54) is 28.6 Å². The van der Waals surface area contributed by atoms with Crippen LogP contribution in [0.25, 0.3) is 0 Å². The fourth-order valence-corrected chi connectivity index (χ4v) is 5.40. The zero-order valence-electron chi connectivity index (χ0n) is 18.8. The molecule has 0 aromatic heterocycles. The van der Waals surface area contributed by atoms with Gasteiger partial charge in [-0.3, -0.25) is 9.59 Å². The Bertz CT molecular complexity index is 1140. The van der Waals surface area contributed by atoms with Crippen LogP contribution in [-0.4, -0.2) is 76.3 Å². The predicted molar refractivity (Wildman–Crippen MR) is 125 cm³/mol. The Labute approximate surface area is 194 Å². The normalized spacial score (nSPS) is 16.6. The molecule has 2 aliphatic heterocycles. The molecular formula is C23H28N4O5S. The number of carbonyl (C=O) groups is 2. The van der Waals surface area contributed by atoms with E-state index >= 15 is 0 Å². The summed E-state index contributed by atoms with van der Waals surface area (Å²) in [5, 5.41) is 2.81. The van der Waals surface area contributed by atoms with Gasteiger partial charge in [-0.2, -0.15) is 4.31 Å². The average molecular weight is 473 g/mol. The van der Waals surface area contributed by atoms with Gasteiger partial charge < -0.3 is 19.9 Å². The molecule has 0 atom stereocenters. The third-order valence-electron chi connectivity index (χ3n) is 5.75. The third kappa shape index (κ3) is 5.02. The minimum absolute atomic E-state index is 0.0508. The highest BCUT2D eigenvalue weighted by atomic mass is 32.2. The molecule has 176 valence electrons. The van der Waals surface area contributed by atoms with Gasteiger partial charge in [-0.15, -0.1) is 0 Å². The number of anilines is 2. The number of benzene rings is 2. The van der Waals surface area contributed by atoms with Crippen molar-refractivity contribution >= 4 is 33.2 Å². The fourth-order valence-electron chi connectivity index (χ4n) is 3.89. The van der Waals surface area contributed by atoms with Gasteiger partial charge in [-0.05, 0) is 63.3 Å². The van der Waals surface area contributed by atoms with E-state index in [0.717, 1.165) is 12.8 Å². The average Bonchev–Trinajstić information content (AvgIpc) is 3.34. The highest BCUT2D eigenvalue weighted by Gasteiger charge is 2.28. The van der Waals surface area contributed by atoms with Gasteiger partial charge in [0.15, 0.2) is 6.61 Å². The number of amides is 2. The Balaban J connectivity index is 1.46. The fraction of sp³-hybridized carbons (Fsp3) is 0.391. The molecule has 1 N–H and O–H groups in total. The summed E-state index contributed by atoms with van der Waals surface area (Å²) < 4.78 is 32.4. The highest BCUT2D eigenvalue weighted by molar-refractivity contribution is 7.89. The molecule has 0 radical (unpaired) electrons.